The maximum Gasteiger partial charge on any atom is 0.337 e. The van der Waals surface area contributed by atoms with Gasteiger partial charge >= 0.3 is 5.97 Å². The molecule has 0 aliphatic carbocycles. The number of hydrogen-bond donors (Lipinski definition) is 1. The molecule has 6 nitrogen and oxygen atoms in total. The molecule has 1 amide bonds. The van der Waals surface area contributed by atoms with Gasteiger partial charge in [0.05, 0.1) is 28.9 Å². The van der Waals surface area contributed by atoms with Crippen LogP contribution in [0.15, 0.2) is 36.5 Å². The van der Waals surface area contributed by atoms with E-state index in [4.69, 9.17) is 16.3 Å². The van der Waals surface area contributed by atoms with Crippen molar-refractivity contribution in [3.8, 4) is 0 Å². The number of halogens is 1. The highest BCUT2D eigenvalue weighted by Gasteiger charge is 2.20. The molecule has 2 heterocycles. The average Bonchev–Trinajstić information content (AvgIpc) is 2.69. The first-order chi connectivity index (χ1) is 12.6. The molecular formula is C19H20ClN3O3. The number of aromatic nitrogens is 1. The Morgan fingerprint density at radius 1 is 1.19 bits per heavy atom. The number of carbonyl (C=O) groups is 2. The molecule has 1 N–H and O–H groups in total. The Kier molecular flexibility index (Phi) is 5.73. The summed E-state index contributed by atoms with van der Waals surface area (Å²) in [7, 11) is 1.30. The minimum atomic E-state index is -0.493. The monoisotopic (exact) mass is 373 g/mol. The van der Waals surface area contributed by atoms with Crippen LogP contribution in [0.4, 0.5) is 11.5 Å². The standard InChI is InChI=1S/C19H20ClN3O3/c1-26-19(25)13-7-8-15(20)16(12-13)22-18(24)14-6-5-9-21-17(14)23-10-3-2-4-11-23/h5-9,12H,2-4,10-11H2,1H3,(H,22,24). The molecule has 0 unspecified atom stereocenters. The van der Waals surface area contributed by atoms with E-state index in [0.717, 1.165) is 25.9 Å². The second-order valence-corrected chi connectivity index (χ2v) is 6.47. The predicted octanol–water partition coefficient (Wildman–Crippen LogP) is 3.76. The number of piperidine rings is 1. The van der Waals surface area contributed by atoms with Crippen molar-refractivity contribution >= 4 is 35.0 Å². The maximum atomic E-state index is 12.8. The predicted molar refractivity (Wildman–Crippen MR) is 101 cm³/mol. The van der Waals surface area contributed by atoms with E-state index >= 15 is 0 Å². The molecule has 1 aliphatic rings. The van der Waals surface area contributed by atoms with Gasteiger partial charge in [0.25, 0.3) is 5.91 Å². The number of carbonyl (C=O) groups excluding carboxylic acids is 2. The smallest absolute Gasteiger partial charge is 0.337 e. The molecule has 7 heteroatoms. The molecule has 1 aromatic carbocycles. The van der Waals surface area contributed by atoms with E-state index in [1.54, 1.807) is 30.5 Å². The molecule has 0 atom stereocenters. The number of hydrogen-bond acceptors (Lipinski definition) is 5. The van der Waals surface area contributed by atoms with E-state index in [0.29, 0.717) is 27.7 Å². The average molecular weight is 374 g/mol. The molecule has 0 radical (unpaired) electrons. The number of nitrogens with one attached hydrogen (secondary N) is 1. The summed E-state index contributed by atoms with van der Waals surface area (Å²) < 4.78 is 4.71. The molecule has 0 saturated carbocycles. The molecule has 1 saturated heterocycles. The molecule has 0 bridgehead atoms. The Bertz CT molecular complexity index is 819. The Morgan fingerprint density at radius 2 is 1.96 bits per heavy atom. The first-order valence-corrected chi connectivity index (χ1v) is 8.87. The number of pyridine rings is 1. The number of benzene rings is 1. The van der Waals surface area contributed by atoms with E-state index in [2.05, 4.69) is 15.2 Å². The highest BCUT2D eigenvalue weighted by molar-refractivity contribution is 6.34. The van der Waals surface area contributed by atoms with Crippen LogP contribution >= 0.6 is 11.6 Å². The van der Waals surface area contributed by atoms with Gasteiger partial charge in [0.2, 0.25) is 0 Å². The Labute approximate surface area is 157 Å². The highest BCUT2D eigenvalue weighted by atomic mass is 35.5. The van der Waals surface area contributed by atoms with Gasteiger partial charge in [-0.25, -0.2) is 9.78 Å². The number of nitrogens with zero attached hydrogens (tertiary/aromatic N) is 2. The van der Waals surface area contributed by atoms with Crippen molar-refractivity contribution in [3.63, 3.8) is 0 Å². The molecular weight excluding hydrogens is 354 g/mol. The second kappa shape index (κ2) is 8.19. The van der Waals surface area contributed by atoms with Gasteiger partial charge in [0.1, 0.15) is 5.82 Å². The summed E-state index contributed by atoms with van der Waals surface area (Å²) in [5.74, 6) is -0.139. The normalized spacial score (nSPS) is 14.0. The molecule has 136 valence electrons. The number of methoxy groups -OCH3 is 1. The van der Waals surface area contributed by atoms with Crippen molar-refractivity contribution in [2.45, 2.75) is 19.3 Å². The maximum absolute atomic E-state index is 12.8. The third-order valence-electron chi connectivity index (χ3n) is 4.32. The Balaban J connectivity index is 1.86. The summed E-state index contributed by atoms with van der Waals surface area (Å²) >= 11 is 6.17. The van der Waals surface area contributed by atoms with Crippen LogP contribution in [0.2, 0.25) is 5.02 Å². The van der Waals surface area contributed by atoms with Gasteiger partial charge in [-0.3, -0.25) is 4.79 Å². The van der Waals surface area contributed by atoms with Crippen molar-refractivity contribution in [2.75, 3.05) is 30.4 Å². The van der Waals surface area contributed by atoms with E-state index in [1.165, 1.54) is 19.6 Å². The number of ether oxygens (including phenoxy) is 1. The molecule has 26 heavy (non-hydrogen) atoms. The van der Waals surface area contributed by atoms with Crippen molar-refractivity contribution in [1.29, 1.82) is 0 Å². The number of rotatable bonds is 4. The molecule has 1 aromatic heterocycles. The third kappa shape index (κ3) is 3.96. The number of amides is 1. The van der Waals surface area contributed by atoms with E-state index in [1.807, 2.05) is 0 Å². The van der Waals surface area contributed by atoms with E-state index in [-0.39, 0.29) is 5.91 Å². The van der Waals surface area contributed by atoms with Gasteiger partial charge < -0.3 is 15.0 Å². The summed E-state index contributed by atoms with van der Waals surface area (Å²) in [5, 5.41) is 3.12. The summed E-state index contributed by atoms with van der Waals surface area (Å²) in [6, 6.07) is 8.08. The lowest BCUT2D eigenvalue weighted by atomic mass is 10.1. The van der Waals surface area contributed by atoms with Crippen LogP contribution in [0.1, 0.15) is 40.0 Å². The van der Waals surface area contributed by atoms with Crippen molar-refractivity contribution in [2.24, 2.45) is 0 Å². The lowest BCUT2D eigenvalue weighted by molar-refractivity contribution is 0.0600. The van der Waals surface area contributed by atoms with Gasteiger partial charge in [-0.1, -0.05) is 11.6 Å². The van der Waals surface area contributed by atoms with Crippen LogP contribution in [0.25, 0.3) is 0 Å². The van der Waals surface area contributed by atoms with Crippen LogP contribution in [0.3, 0.4) is 0 Å². The molecule has 1 fully saturated rings. The zero-order valence-corrected chi connectivity index (χ0v) is 15.3. The zero-order chi connectivity index (χ0) is 18.5. The van der Waals surface area contributed by atoms with Crippen LogP contribution in [-0.4, -0.2) is 37.1 Å². The van der Waals surface area contributed by atoms with Gasteiger partial charge in [-0.2, -0.15) is 0 Å². The number of anilines is 2. The van der Waals surface area contributed by atoms with Crippen molar-refractivity contribution < 1.29 is 14.3 Å². The third-order valence-corrected chi connectivity index (χ3v) is 4.65. The fourth-order valence-corrected chi connectivity index (χ4v) is 3.15. The minimum absolute atomic E-state index is 0.314. The summed E-state index contributed by atoms with van der Waals surface area (Å²) in [4.78, 5) is 31.1. The van der Waals surface area contributed by atoms with Crippen molar-refractivity contribution in [1.82, 2.24) is 4.98 Å². The van der Waals surface area contributed by atoms with Gasteiger partial charge in [0.15, 0.2) is 0 Å². The van der Waals surface area contributed by atoms with Crippen LogP contribution in [-0.2, 0) is 4.74 Å². The lowest BCUT2D eigenvalue weighted by Crippen LogP contribution is -2.32. The van der Waals surface area contributed by atoms with Crippen LogP contribution in [0.5, 0.6) is 0 Å². The molecule has 1 aliphatic heterocycles. The van der Waals surface area contributed by atoms with Crippen LogP contribution in [0, 0.1) is 0 Å². The highest BCUT2D eigenvalue weighted by Crippen LogP contribution is 2.26. The lowest BCUT2D eigenvalue weighted by Gasteiger charge is -2.29. The number of esters is 1. The summed E-state index contributed by atoms with van der Waals surface area (Å²) in [6.45, 7) is 1.77. The van der Waals surface area contributed by atoms with E-state index < -0.39 is 5.97 Å². The van der Waals surface area contributed by atoms with E-state index in [9.17, 15) is 9.59 Å². The topological polar surface area (TPSA) is 71.5 Å². The van der Waals surface area contributed by atoms with Crippen molar-refractivity contribution in [3.05, 3.63) is 52.7 Å². The fourth-order valence-electron chi connectivity index (χ4n) is 2.99. The fraction of sp³-hybridized carbons (Fsp3) is 0.316. The summed E-state index contributed by atoms with van der Waals surface area (Å²) in [6.07, 6.45) is 5.06. The summed E-state index contributed by atoms with van der Waals surface area (Å²) in [5.41, 5.74) is 1.15. The van der Waals surface area contributed by atoms with Crippen LogP contribution < -0.4 is 10.2 Å². The zero-order valence-electron chi connectivity index (χ0n) is 14.5. The largest absolute Gasteiger partial charge is 0.465 e. The van der Waals surface area contributed by atoms with Gasteiger partial charge in [-0.05, 0) is 49.6 Å². The molecule has 0 spiro atoms. The molecule has 3 rings (SSSR count). The minimum Gasteiger partial charge on any atom is -0.465 e. The Hall–Kier alpha value is -2.60. The SMILES string of the molecule is COC(=O)c1ccc(Cl)c(NC(=O)c2cccnc2N2CCCCC2)c1. The second-order valence-electron chi connectivity index (χ2n) is 6.06. The van der Waals surface area contributed by atoms with Gasteiger partial charge in [0, 0.05) is 19.3 Å². The van der Waals surface area contributed by atoms with Gasteiger partial charge in [-0.15, -0.1) is 0 Å². The first-order valence-electron chi connectivity index (χ1n) is 8.49. The Morgan fingerprint density at radius 3 is 2.69 bits per heavy atom. The molecule has 2 aromatic rings. The first kappa shape index (κ1) is 18.2. The quantitative estimate of drug-likeness (QED) is 0.826.